The zero-order valence-corrected chi connectivity index (χ0v) is 10.9. The molecule has 4 nitrogen and oxygen atoms in total. The minimum Gasteiger partial charge on any atom is -0.481 e. The van der Waals surface area contributed by atoms with Gasteiger partial charge in [0.25, 0.3) is 0 Å². The van der Waals surface area contributed by atoms with Crippen LogP contribution in [0.3, 0.4) is 0 Å². The number of rotatable bonds is 4. The van der Waals surface area contributed by atoms with E-state index in [1.54, 1.807) is 7.11 Å². The highest BCUT2D eigenvalue weighted by Gasteiger charge is 2.33. The summed E-state index contributed by atoms with van der Waals surface area (Å²) in [6, 6.07) is 5.93. The Kier molecular flexibility index (Phi) is 3.52. The van der Waals surface area contributed by atoms with Crippen LogP contribution in [-0.4, -0.2) is 38.8 Å². The summed E-state index contributed by atoms with van der Waals surface area (Å²) >= 11 is 0. The summed E-state index contributed by atoms with van der Waals surface area (Å²) < 4.78 is 5.16. The van der Waals surface area contributed by atoms with E-state index in [-0.39, 0.29) is 0 Å². The van der Waals surface area contributed by atoms with E-state index in [1.807, 2.05) is 25.2 Å². The van der Waals surface area contributed by atoms with E-state index >= 15 is 0 Å². The predicted octanol–water partition coefficient (Wildman–Crippen LogP) is 1.53. The topological polar surface area (TPSA) is 37.4 Å². The third kappa shape index (κ3) is 2.69. The van der Waals surface area contributed by atoms with Crippen LogP contribution in [0.5, 0.6) is 5.88 Å². The van der Waals surface area contributed by atoms with Crippen molar-refractivity contribution in [1.82, 2.24) is 10.3 Å². The van der Waals surface area contributed by atoms with E-state index in [2.05, 4.69) is 22.1 Å². The van der Waals surface area contributed by atoms with Gasteiger partial charge in [-0.05, 0) is 24.9 Å². The zero-order valence-electron chi connectivity index (χ0n) is 10.9. The van der Waals surface area contributed by atoms with Gasteiger partial charge in [-0.15, -0.1) is 0 Å². The summed E-state index contributed by atoms with van der Waals surface area (Å²) in [5, 5.41) is 3.27. The lowest BCUT2D eigenvalue weighted by Gasteiger charge is -2.24. The lowest BCUT2D eigenvalue weighted by Crippen LogP contribution is -2.33. The fourth-order valence-corrected chi connectivity index (χ4v) is 2.48. The van der Waals surface area contributed by atoms with Crippen molar-refractivity contribution >= 4 is 5.82 Å². The maximum absolute atomic E-state index is 5.16. The van der Waals surface area contributed by atoms with Gasteiger partial charge in [-0.25, -0.2) is 0 Å². The van der Waals surface area contributed by atoms with Crippen LogP contribution in [0.1, 0.15) is 13.3 Å². The van der Waals surface area contributed by atoms with Crippen LogP contribution in [0.15, 0.2) is 18.2 Å². The fourth-order valence-electron chi connectivity index (χ4n) is 2.48. The number of nitrogens with one attached hydrogen (secondary N) is 1. The molecule has 2 rings (SSSR count). The number of methoxy groups -OCH3 is 1. The SMILES string of the molecule is CNCC1(C)CCN(c2cccc(OC)n2)C1. The molecule has 94 valence electrons. The molecule has 2 heterocycles. The average Bonchev–Trinajstić information content (AvgIpc) is 2.72. The molecule has 0 amide bonds. The molecular formula is C13H21N3O. The molecule has 0 radical (unpaired) electrons. The Bertz CT molecular complexity index is 383. The predicted molar refractivity (Wildman–Crippen MR) is 69.7 cm³/mol. The first-order chi connectivity index (χ1) is 8.17. The van der Waals surface area contributed by atoms with Gasteiger partial charge in [0.15, 0.2) is 0 Å². The van der Waals surface area contributed by atoms with Crippen molar-refractivity contribution < 1.29 is 4.74 Å². The van der Waals surface area contributed by atoms with Crippen molar-refractivity contribution in [1.29, 1.82) is 0 Å². The first kappa shape index (κ1) is 12.2. The van der Waals surface area contributed by atoms with Gasteiger partial charge in [0.2, 0.25) is 5.88 Å². The Hall–Kier alpha value is -1.29. The first-order valence-corrected chi connectivity index (χ1v) is 6.07. The van der Waals surface area contributed by atoms with Crippen molar-refractivity contribution in [2.75, 3.05) is 38.7 Å². The minimum absolute atomic E-state index is 0.347. The average molecular weight is 235 g/mol. The number of anilines is 1. The summed E-state index contributed by atoms with van der Waals surface area (Å²) in [6.45, 7) is 5.49. The van der Waals surface area contributed by atoms with E-state index in [0.717, 1.165) is 25.5 Å². The molecule has 0 spiro atoms. The standard InChI is InChI=1S/C13H21N3O/c1-13(9-14-2)7-8-16(10-13)11-5-4-6-12(15-11)17-3/h4-6,14H,7-10H2,1-3H3. The summed E-state index contributed by atoms with van der Waals surface area (Å²) in [6.07, 6.45) is 1.20. The molecule has 4 heteroatoms. The van der Waals surface area contributed by atoms with Crippen LogP contribution in [0.4, 0.5) is 5.82 Å². The first-order valence-electron chi connectivity index (χ1n) is 6.07. The van der Waals surface area contributed by atoms with E-state index in [0.29, 0.717) is 11.3 Å². The van der Waals surface area contributed by atoms with E-state index in [1.165, 1.54) is 6.42 Å². The van der Waals surface area contributed by atoms with Crippen LogP contribution >= 0.6 is 0 Å². The summed E-state index contributed by atoms with van der Waals surface area (Å²) in [5.41, 5.74) is 0.347. The normalized spacial score (nSPS) is 24.1. The van der Waals surface area contributed by atoms with Crippen molar-refractivity contribution in [2.45, 2.75) is 13.3 Å². The molecule has 0 aromatic carbocycles. The number of hydrogen-bond donors (Lipinski definition) is 1. The highest BCUT2D eigenvalue weighted by atomic mass is 16.5. The lowest BCUT2D eigenvalue weighted by atomic mass is 9.90. The molecule has 1 aromatic rings. The van der Waals surface area contributed by atoms with Crippen molar-refractivity contribution in [3.8, 4) is 5.88 Å². The van der Waals surface area contributed by atoms with E-state index in [9.17, 15) is 0 Å². The van der Waals surface area contributed by atoms with Gasteiger partial charge in [-0.1, -0.05) is 13.0 Å². The van der Waals surface area contributed by atoms with Gasteiger partial charge in [0, 0.05) is 25.7 Å². The maximum Gasteiger partial charge on any atom is 0.214 e. The number of hydrogen-bond acceptors (Lipinski definition) is 4. The van der Waals surface area contributed by atoms with Gasteiger partial charge < -0.3 is 15.0 Å². The highest BCUT2D eigenvalue weighted by Crippen LogP contribution is 2.32. The summed E-state index contributed by atoms with van der Waals surface area (Å²) in [4.78, 5) is 6.82. The number of nitrogens with zero attached hydrogens (tertiary/aromatic N) is 2. The van der Waals surface area contributed by atoms with E-state index in [4.69, 9.17) is 4.74 Å². The molecule has 1 N–H and O–H groups in total. The quantitative estimate of drug-likeness (QED) is 0.858. The fraction of sp³-hybridized carbons (Fsp3) is 0.615. The Balaban J connectivity index is 2.09. The molecule has 1 atom stereocenters. The lowest BCUT2D eigenvalue weighted by molar-refractivity contribution is 0.355. The number of pyridine rings is 1. The second-order valence-electron chi connectivity index (χ2n) is 5.05. The monoisotopic (exact) mass is 235 g/mol. The molecule has 1 unspecified atom stereocenters. The molecular weight excluding hydrogens is 214 g/mol. The molecule has 1 saturated heterocycles. The molecule has 1 fully saturated rings. The molecule has 1 aliphatic rings. The van der Waals surface area contributed by atoms with Gasteiger partial charge in [-0.2, -0.15) is 4.98 Å². The van der Waals surface area contributed by atoms with Crippen molar-refractivity contribution in [2.24, 2.45) is 5.41 Å². The Morgan fingerprint density at radius 1 is 1.53 bits per heavy atom. The Morgan fingerprint density at radius 2 is 2.35 bits per heavy atom. The highest BCUT2D eigenvalue weighted by molar-refractivity contribution is 5.42. The van der Waals surface area contributed by atoms with Crippen LogP contribution in [0.25, 0.3) is 0 Å². The minimum atomic E-state index is 0.347. The third-order valence-electron chi connectivity index (χ3n) is 3.40. The Morgan fingerprint density at radius 3 is 3.06 bits per heavy atom. The van der Waals surface area contributed by atoms with Gasteiger partial charge in [-0.3, -0.25) is 0 Å². The maximum atomic E-state index is 5.16. The van der Waals surface area contributed by atoms with Crippen LogP contribution in [0, 0.1) is 5.41 Å². The van der Waals surface area contributed by atoms with Gasteiger partial charge in [0.05, 0.1) is 7.11 Å². The van der Waals surface area contributed by atoms with E-state index < -0.39 is 0 Å². The molecule has 0 bridgehead atoms. The number of ether oxygens (including phenoxy) is 1. The van der Waals surface area contributed by atoms with Gasteiger partial charge in [0.1, 0.15) is 5.82 Å². The second-order valence-corrected chi connectivity index (χ2v) is 5.05. The molecule has 1 aliphatic heterocycles. The zero-order chi connectivity index (χ0) is 12.3. The molecule has 1 aromatic heterocycles. The summed E-state index contributed by atoms with van der Waals surface area (Å²) in [5.74, 6) is 1.70. The molecule has 0 aliphatic carbocycles. The molecule has 17 heavy (non-hydrogen) atoms. The Labute approximate surface area is 103 Å². The third-order valence-corrected chi connectivity index (χ3v) is 3.40. The van der Waals surface area contributed by atoms with Crippen molar-refractivity contribution in [3.63, 3.8) is 0 Å². The van der Waals surface area contributed by atoms with Crippen molar-refractivity contribution in [3.05, 3.63) is 18.2 Å². The van der Waals surface area contributed by atoms with Crippen LogP contribution in [0.2, 0.25) is 0 Å². The summed E-state index contributed by atoms with van der Waals surface area (Å²) in [7, 11) is 3.67. The molecule has 0 saturated carbocycles. The van der Waals surface area contributed by atoms with Crippen LogP contribution in [-0.2, 0) is 0 Å². The van der Waals surface area contributed by atoms with Crippen LogP contribution < -0.4 is 15.0 Å². The smallest absolute Gasteiger partial charge is 0.214 e. The van der Waals surface area contributed by atoms with Gasteiger partial charge >= 0.3 is 0 Å². The number of aromatic nitrogens is 1. The second kappa shape index (κ2) is 4.92. The largest absolute Gasteiger partial charge is 0.481 e.